The Bertz CT molecular complexity index is 359. The van der Waals surface area contributed by atoms with Gasteiger partial charge in [0.05, 0.1) is 5.69 Å². The Morgan fingerprint density at radius 2 is 2.13 bits per heavy atom. The summed E-state index contributed by atoms with van der Waals surface area (Å²) in [5.41, 5.74) is 2.61. The Balaban J connectivity index is 2.42. The summed E-state index contributed by atoms with van der Waals surface area (Å²) < 4.78 is 6.05. The molecule has 0 aromatic carbocycles. The van der Waals surface area contributed by atoms with Crippen LogP contribution in [0.2, 0.25) is 0 Å². The highest BCUT2D eigenvalue weighted by Gasteiger charge is 2.39. The smallest absolute Gasteiger partial charge is 0.131 e. The number of nitrogens with zero attached hydrogens (tertiary/aromatic N) is 1. The minimum Gasteiger partial charge on any atom is -0.353 e. The van der Waals surface area contributed by atoms with Gasteiger partial charge in [-0.3, -0.25) is 4.98 Å². The zero-order valence-corrected chi connectivity index (χ0v) is 10.5. The molecule has 2 rings (SSSR count). The summed E-state index contributed by atoms with van der Waals surface area (Å²) in [6, 6.07) is 4.10. The van der Waals surface area contributed by atoms with Crippen LogP contribution in [0.1, 0.15) is 43.6 Å². The maximum absolute atomic E-state index is 6.05. The molecule has 2 atom stereocenters. The molecule has 1 aromatic heterocycles. The third-order valence-electron chi connectivity index (χ3n) is 2.63. The van der Waals surface area contributed by atoms with Crippen LogP contribution < -0.4 is 0 Å². The van der Waals surface area contributed by atoms with Gasteiger partial charge in [0.15, 0.2) is 0 Å². The van der Waals surface area contributed by atoms with Crippen LogP contribution in [0.3, 0.4) is 0 Å². The summed E-state index contributed by atoms with van der Waals surface area (Å²) in [6.45, 7) is 6.58. The van der Waals surface area contributed by atoms with Crippen LogP contribution in [0.5, 0.6) is 0 Å². The number of aromatic nitrogens is 1. The Morgan fingerprint density at radius 3 is 2.73 bits per heavy atom. The van der Waals surface area contributed by atoms with Crippen molar-refractivity contribution in [3.63, 3.8) is 0 Å². The average Bonchev–Trinajstić information content (AvgIpc) is 2.55. The molecule has 1 aliphatic rings. The molecule has 0 aliphatic carbocycles. The van der Waals surface area contributed by atoms with Gasteiger partial charge in [-0.1, -0.05) is 26.8 Å². The lowest BCUT2D eigenvalue weighted by molar-refractivity contribution is -0.0138. The number of hydrogen-bond acceptors (Lipinski definition) is 3. The van der Waals surface area contributed by atoms with Gasteiger partial charge in [0, 0.05) is 11.8 Å². The van der Waals surface area contributed by atoms with Gasteiger partial charge in [0.25, 0.3) is 0 Å². The van der Waals surface area contributed by atoms with Crippen LogP contribution in [0.15, 0.2) is 18.3 Å². The van der Waals surface area contributed by atoms with Crippen molar-refractivity contribution in [1.29, 1.82) is 0 Å². The molecule has 2 nitrogen and oxygen atoms in total. The van der Waals surface area contributed by atoms with Crippen molar-refractivity contribution < 1.29 is 4.74 Å². The Kier molecular flexibility index (Phi) is 2.77. The van der Waals surface area contributed by atoms with Gasteiger partial charge in [0.1, 0.15) is 11.5 Å². The first-order valence-corrected chi connectivity index (χ1v) is 6.46. The van der Waals surface area contributed by atoms with E-state index in [0.717, 1.165) is 5.69 Å². The Morgan fingerprint density at radius 1 is 1.40 bits per heavy atom. The van der Waals surface area contributed by atoms with Gasteiger partial charge >= 0.3 is 0 Å². The van der Waals surface area contributed by atoms with E-state index >= 15 is 0 Å². The van der Waals surface area contributed by atoms with Crippen molar-refractivity contribution in [1.82, 2.24) is 4.98 Å². The Labute approximate surface area is 95.4 Å². The van der Waals surface area contributed by atoms with Crippen molar-refractivity contribution >= 4 is 11.8 Å². The second-order valence-corrected chi connectivity index (χ2v) is 5.83. The lowest BCUT2D eigenvalue weighted by atomic mass is 9.87. The Hall–Kier alpha value is -0.540. The van der Waals surface area contributed by atoms with Crippen molar-refractivity contribution in [3.8, 4) is 0 Å². The van der Waals surface area contributed by atoms with E-state index in [1.807, 2.05) is 12.3 Å². The molecule has 0 bridgehead atoms. The molecule has 0 fully saturated rings. The first kappa shape index (κ1) is 11.0. The molecule has 0 saturated heterocycles. The van der Waals surface area contributed by atoms with Gasteiger partial charge in [-0.15, -0.1) is 11.8 Å². The molecule has 0 spiro atoms. The highest BCUT2D eigenvalue weighted by molar-refractivity contribution is 7.98. The van der Waals surface area contributed by atoms with Gasteiger partial charge in [0.2, 0.25) is 0 Å². The third kappa shape index (κ3) is 1.91. The summed E-state index contributed by atoms with van der Waals surface area (Å²) in [5, 5.41) is 0. The maximum atomic E-state index is 6.05. The van der Waals surface area contributed by atoms with Gasteiger partial charge in [-0.2, -0.15) is 0 Å². The van der Waals surface area contributed by atoms with E-state index in [2.05, 4.69) is 38.1 Å². The first-order chi connectivity index (χ1) is 7.04. The largest absolute Gasteiger partial charge is 0.353 e. The SMILES string of the molecule is CS[C@H]1O[C@H](C(C)(C)C)c2ncccc21. The second-order valence-electron chi connectivity index (χ2n) is 4.93. The second kappa shape index (κ2) is 3.80. The lowest BCUT2D eigenvalue weighted by Gasteiger charge is -2.26. The highest BCUT2D eigenvalue weighted by atomic mass is 32.2. The molecule has 15 heavy (non-hydrogen) atoms. The summed E-state index contributed by atoms with van der Waals surface area (Å²) in [4.78, 5) is 4.47. The molecule has 0 amide bonds. The summed E-state index contributed by atoms with van der Waals surface area (Å²) in [6.07, 6.45) is 4.04. The van der Waals surface area contributed by atoms with Crippen LogP contribution in [-0.2, 0) is 4.74 Å². The molecule has 0 saturated carbocycles. The molecule has 1 aromatic rings. The molecule has 3 heteroatoms. The van der Waals surface area contributed by atoms with Gasteiger partial charge < -0.3 is 4.74 Å². The zero-order chi connectivity index (χ0) is 11.1. The number of ether oxygens (including phenoxy) is 1. The number of thioether (sulfide) groups is 1. The maximum Gasteiger partial charge on any atom is 0.131 e. The average molecular weight is 223 g/mol. The molecular weight excluding hydrogens is 206 g/mol. The van der Waals surface area contributed by atoms with Gasteiger partial charge in [-0.25, -0.2) is 0 Å². The van der Waals surface area contributed by atoms with E-state index in [9.17, 15) is 0 Å². The van der Waals surface area contributed by atoms with Crippen molar-refractivity contribution in [3.05, 3.63) is 29.6 Å². The van der Waals surface area contributed by atoms with E-state index in [1.165, 1.54) is 5.56 Å². The third-order valence-corrected chi connectivity index (χ3v) is 3.43. The summed E-state index contributed by atoms with van der Waals surface area (Å²) in [5.74, 6) is 0. The zero-order valence-electron chi connectivity index (χ0n) is 9.65. The molecule has 82 valence electrons. The topological polar surface area (TPSA) is 22.1 Å². The lowest BCUT2D eigenvalue weighted by Crippen LogP contribution is -2.18. The monoisotopic (exact) mass is 223 g/mol. The number of rotatable bonds is 1. The number of fused-ring (bicyclic) bond motifs is 1. The van der Waals surface area contributed by atoms with E-state index in [0.29, 0.717) is 0 Å². The van der Waals surface area contributed by atoms with Crippen LogP contribution in [0.25, 0.3) is 0 Å². The van der Waals surface area contributed by atoms with Crippen LogP contribution in [0.4, 0.5) is 0 Å². The van der Waals surface area contributed by atoms with E-state index < -0.39 is 0 Å². The molecule has 0 N–H and O–H groups in total. The van der Waals surface area contributed by atoms with Crippen LogP contribution in [0, 0.1) is 5.41 Å². The summed E-state index contributed by atoms with van der Waals surface area (Å²) in [7, 11) is 0. The predicted molar refractivity (Wildman–Crippen MR) is 63.8 cm³/mol. The molecule has 1 aliphatic heterocycles. The quantitative estimate of drug-likeness (QED) is 0.726. The fourth-order valence-electron chi connectivity index (χ4n) is 1.91. The van der Waals surface area contributed by atoms with Crippen LogP contribution >= 0.6 is 11.8 Å². The van der Waals surface area contributed by atoms with Crippen molar-refractivity contribution in [2.45, 2.75) is 32.3 Å². The first-order valence-electron chi connectivity index (χ1n) is 5.17. The molecule has 0 radical (unpaired) electrons. The normalized spacial score (nSPS) is 25.3. The fourth-order valence-corrected chi connectivity index (χ4v) is 2.58. The highest BCUT2D eigenvalue weighted by Crippen LogP contribution is 2.49. The minimum absolute atomic E-state index is 0.105. The number of pyridine rings is 1. The van der Waals surface area contributed by atoms with Crippen molar-refractivity contribution in [2.24, 2.45) is 5.41 Å². The fraction of sp³-hybridized carbons (Fsp3) is 0.583. The molecular formula is C12H17NOS. The van der Waals surface area contributed by atoms with E-state index in [1.54, 1.807) is 11.8 Å². The van der Waals surface area contributed by atoms with Gasteiger partial charge in [-0.05, 0) is 17.7 Å². The minimum atomic E-state index is 0.105. The molecule has 0 unspecified atom stereocenters. The number of hydrogen-bond donors (Lipinski definition) is 0. The van der Waals surface area contributed by atoms with Crippen LogP contribution in [-0.4, -0.2) is 11.2 Å². The van der Waals surface area contributed by atoms with Crippen molar-refractivity contribution in [2.75, 3.05) is 6.26 Å². The van der Waals surface area contributed by atoms with E-state index in [-0.39, 0.29) is 17.0 Å². The summed E-state index contributed by atoms with van der Waals surface area (Å²) >= 11 is 1.73. The standard InChI is InChI=1S/C12H17NOS/c1-12(2,3)10-9-8(6-5-7-13-9)11(14-10)15-4/h5-7,10-11H,1-4H3/t10-,11+/m0/s1. The van der Waals surface area contributed by atoms with E-state index in [4.69, 9.17) is 4.74 Å². The predicted octanol–water partition coefficient (Wildman–Crippen LogP) is 3.56. The molecule has 2 heterocycles.